The van der Waals surface area contributed by atoms with E-state index in [0.29, 0.717) is 12.1 Å². The van der Waals surface area contributed by atoms with Crippen molar-refractivity contribution in [2.45, 2.75) is 52.1 Å². The highest BCUT2D eigenvalue weighted by Gasteiger charge is 2.12. The average molecular weight is 209 g/mol. The molecule has 2 atom stereocenters. The summed E-state index contributed by atoms with van der Waals surface area (Å²) in [6, 6.07) is 0.897. The van der Waals surface area contributed by atoms with Crippen LogP contribution in [0.2, 0.25) is 0 Å². The number of nitrogens with zero attached hydrogens (tertiary/aromatic N) is 2. The minimum absolute atomic E-state index is 0.330. The second kappa shape index (κ2) is 5.91. The fraction of sp³-hybridized carbons (Fsp3) is 0.750. The number of aryl methyl sites for hydroxylation is 1. The molecule has 3 nitrogen and oxygen atoms in total. The molecule has 0 amide bonds. The molecule has 1 N–H and O–H groups in total. The smallest absolute Gasteiger partial charge is 0.125 e. The molecule has 15 heavy (non-hydrogen) atoms. The molecule has 0 spiro atoms. The first-order chi connectivity index (χ1) is 7.15. The molecule has 1 rings (SSSR count). The predicted molar refractivity (Wildman–Crippen MR) is 63.7 cm³/mol. The van der Waals surface area contributed by atoms with Gasteiger partial charge in [-0.25, -0.2) is 4.98 Å². The van der Waals surface area contributed by atoms with Crippen LogP contribution in [0, 0.1) is 0 Å². The van der Waals surface area contributed by atoms with Crippen molar-refractivity contribution < 1.29 is 0 Å². The molecular formula is C12H23N3. The third kappa shape index (κ3) is 3.67. The van der Waals surface area contributed by atoms with Crippen LogP contribution in [-0.2, 0) is 7.05 Å². The van der Waals surface area contributed by atoms with E-state index in [2.05, 4.69) is 35.6 Å². The van der Waals surface area contributed by atoms with Gasteiger partial charge in [0.15, 0.2) is 0 Å². The number of hydrogen-bond donors (Lipinski definition) is 1. The molecule has 0 bridgehead atoms. The molecule has 1 aromatic heterocycles. The molecule has 0 saturated heterocycles. The SMILES string of the molecule is CCCCC(C)NC(C)c1nccn1C. The Balaban J connectivity index is 2.42. The molecule has 0 fully saturated rings. The van der Waals surface area contributed by atoms with Gasteiger partial charge in [0.05, 0.1) is 6.04 Å². The lowest BCUT2D eigenvalue weighted by molar-refractivity contribution is 0.427. The summed E-state index contributed by atoms with van der Waals surface area (Å²) in [5.41, 5.74) is 0. The zero-order chi connectivity index (χ0) is 11.3. The van der Waals surface area contributed by atoms with E-state index >= 15 is 0 Å². The Morgan fingerprint density at radius 3 is 2.73 bits per heavy atom. The van der Waals surface area contributed by atoms with E-state index in [0.717, 1.165) is 5.82 Å². The summed E-state index contributed by atoms with van der Waals surface area (Å²) in [4.78, 5) is 4.35. The van der Waals surface area contributed by atoms with Crippen LogP contribution in [0.1, 0.15) is 51.9 Å². The third-order valence-corrected chi connectivity index (χ3v) is 2.77. The molecule has 1 heterocycles. The van der Waals surface area contributed by atoms with E-state index in [4.69, 9.17) is 0 Å². The standard InChI is InChI=1S/C12H23N3/c1-5-6-7-10(2)14-11(3)12-13-8-9-15(12)4/h8-11,14H,5-7H2,1-4H3. The van der Waals surface area contributed by atoms with Crippen LogP contribution in [0.5, 0.6) is 0 Å². The molecule has 1 aromatic rings. The van der Waals surface area contributed by atoms with Crippen molar-refractivity contribution in [2.24, 2.45) is 7.05 Å². The maximum absolute atomic E-state index is 4.35. The van der Waals surface area contributed by atoms with Gasteiger partial charge in [0.2, 0.25) is 0 Å². The third-order valence-electron chi connectivity index (χ3n) is 2.77. The topological polar surface area (TPSA) is 29.9 Å². The minimum atomic E-state index is 0.330. The van der Waals surface area contributed by atoms with Gasteiger partial charge in [-0.3, -0.25) is 0 Å². The monoisotopic (exact) mass is 209 g/mol. The van der Waals surface area contributed by atoms with Gasteiger partial charge in [-0.2, -0.15) is 0 Å². The van der Waals surface area contributed by atoms with Crippen molar-refractivity contribution in [2.75, 3.05) is 0 Å². The largest absolute Gasteiger partial charge is 0.337 e. The Hall–Kier alpha value is -0.830. The Morgan fingerprint density at radius 1 is 1.47 bits per heavy atom. The highest BCUT2D eigenvalue weighted by atomic mass is 15.1. The molecule has 0 aliphatic rings. The second-order valence-corrected chi connectivity index (χ2v) is 4.33. The van der Waals surface area contributed by atoms with E-state index < -0.39 is 0 Å². The van der Waals surface area contributed by atoms with Crippen molar-refractivity contribution in [1.82, 2.24) is 14.9 Å². The Morgan fingerprint density at radius 2 is 2.20 bits per heavy atom. The van der Waals surface area contributed by atoms with Gasteiger partial charge < -0.3 is 9.88 Å². The summed E-state index contributed by atoms with van der Waals surface area (Å²) in [6.07, 6.45) is 7.64. The number of aromatic nitrogens is 2. The van der Waals surface area contributed by atoms with Crippen molar-refractivity contribution in [3.63, 3.8) is 0 Å². The van der Waals surface area contributed by atoms with Gasteiger partial charge in [-0.05, 0) is 20.3 Å². The Labute approximate surface area is 92.9 Å². The van der Waals surface area contributed by atoms with E-state index in [1.807, 2.05) is 19.4 Å². The van der Waals surface area contributed by atoms with Crippen molar-refractivity contribution >= 4 is 0 Å². The summed E-state index contributed by atoms with van der Waals surface area (Å²) in [6.45, 7) is 6.65. The van der Waals surface area contributed by atoms with Gasteiger partial charge in [-0.15, -0.1) is 0 Å². The summed E-state index contributed by atoms with van der Waals surface area (Å²) in [7, 11) is 2.04. The average Bonchev–Trinajstić information content (AvgIpc) is 2.61. The fourth-order valence-electron chi connectivity index (χ4n) is 1.89. The molecule has 0 aromatic carbocycles. The van der Waals surface area contributed by atoms with E-state index in [-0.39, 0.29) is 0 Å². The Bertz CT molecular complexity index is 280. The second-order valence-electron chi connectivity index (χ2n) is 4.33. The lowest BCUT2D eigenvalue weighted by Crippen LogP contribution is -2.30. The summed E-state index contributed by atoms with van der Waals surface area (Å²) >= 11 is 0. The minimum Gasteiger partial charge on any atom is -0.337 e. The summed E-state index contributed by atoms with van der Waals surface area (Å²) in [5.74, 6) is 1.11. The van der Waals surface area contributed by atoms with Crippen LogP contribution in [0.4, 0.5) is 0 Å². The molecule has 2 unspecified atom stereocenters. The first-order valence-electron chi connectivity index (χ1n) is 5.88. The van der Waals surface area contributed by atoms with Crippen LogP contribution < -0.4 is 5.32 Å². The molecule has 86 valence electrons. The van der Waals surface area contributed by atoms with E-state index in [1.54, 1.807) is 0 Å². The molecule has 0 radical (unpaired) electrons. The molecule has 0 saturated carbocycles. The van der Waals surface area contributed by atoms with Gasteiger partial charge in [0, 0.05) is 25.5 Å². The molecule has 0 aliphatic carbocycles. The van der Waals surface area contributed by atoms with Crippen LogP contribution >= 0.6 is 0 Å². The van der Waals surface area contributed by atoms with Crippen molar-refractivity contribution in [3.8, 4) is 0 Å². The normalized spacial score (nSPS) is 15.2. The first kappa shape index (κ1) is 12.2. The number of unbranched alkanes of at least 4 members (excludes halogenated alkanes) is 1. The number of imidazole rings is 1. The number of nitrogens with one attached hydrogen (secondary N) is 1. The first-order valence-corrected chi connectivity index (χ1v) is 5.88. The molecule has 0 aliphatic heterocycles. The highest BCUT2D eigenvalue weighted by molar-refractivity contribution is 4.97. The lowest BCUT2D eigenvalue weighted by Gasteiger charge is -2.19. The highest BCUT2D eigenvalue weighted by Crippen LogP contribution is 2.11. The summed E-state index contributed by atoms with van der Waals surface area (Å²) in [5, 5.41) is 3.57. The van der Waals surface area contributed by atoms with Gasteiger partial charge in [-0.1, -0.05) is 19.8 Å². The zero-order valence-corrected chi connectivity index (χ0v) is 10.3. The summed E-state index contributed by atoms with van der Waals surface area (Å²) < 4.78 is 2.07. The quantitative estimate of drug-likeness (QED) is 0.780. The van der Waals surface area contributed by atoms with Crippen molar-refractivity contribution in [3.05, 3.63) is 18.2 Å². The zero-order valence-electron chi connectivity index (χ0n) is 10.3. The molecule has 3 heteroatoms. The van der Waals surface area contributed by atoms with Crippen LogP contribution in [0.25, 0.3) is 0 Å². The fourth-order valence-corrected chi connectivity index (χ4v) is 1.89. The van der Waals surface area contributed by atoms with Crippen molar-refractivity contribution in [1.29, 1.82) is 0 Å². The van der Waals surface area contributed by atoms with Gasteiger partial charge in [0.1, 0.15) is 5.82 Å². The number of rotatable bonds is 6. The van der Waals surface area contributed by atoms with E-state index in [9.17, 15) is 0 Å². The van der Waals surface area contributed by atoms with Crippen LogP contribution in [0.15, 0.2) is 12.4 Å². The van der Waals surface area contributed by atoms with E-state index in [1.165, 1.54) is 19.3 Å². The molecular weight excluding hydrogens is 186 g/mol. The maximum atomic E-state index is 4.35. The van der Waals surface area contributed by atoms with Crippen LogP contribution in [-0.4, -0.2) is 15.6 Å². The van der Waals surface area contributed by atoms with Gasteiger partial charge >= 0.3 is 0 Å². The van der Waals surface area contributed by atoms with Crippen LogP contribution in [0.3, 0.4) is 0 Å². The van der Waals surface area contributed by atoms with Gasteiger partial charge in [0.25, 0.3) is 0 Å². The maximum Gasteiger partial charge on any atom is 0.125 e. The lowest BCUT2D eigenvalue weighted by atomic mass is 10.1. The predicted octanol–water partition coefficient (Wildman–Crippen LogP) is 2.65. The Kier molecular flexibility index (Phi) is 4.82. The number of hydrogen-bond acceptors (Lipinski definition) is 2.